The minimum atomic E-state index is -5.81. The quantitative estimate of drug-likeness (QED) is 0.0259. The Morgan fingerprint density at radius 3 is 0.939 bits per heavy atom. The Morgan fingerprint density at radius 2 is 0.707 bits per heavy atom. The summed E-state index contributed by atoms with van der Waals surface area (Å²) in [5, 5.41) is 9.33. The van der Waals surface area contributed by atoms with Crippen molar-refractivity contribution >= 4 is 45.7 Å². The Labute approximate surface area is 474 Å². The molecule has 0 radical (unpaired) electrons. The van der Waals surface area contributed by atoms with E-state index < -0.39 is 142 Å². The summed E-state index contributed by atoms with van der Waals surface area (Å²) in [7, 11) is 2.81. The van der Waals surface area contributed by atoms with Gasteiger partial charge in [0.2, 0.25) is 0 Å². The summed E-state index contributed by atoms with van der Waals surface area (Å²) in [6.07, 6.45) is -2.40. The summed E-state index contributed by atoms with van der Waals surface area (Å²) >= 11 is 0. The maximum atomic E-state index is 13.0. The molecule has 0 bridgehead atoms. The number of hydrogen-bond acceptors (Lipinski definition) is 21. The number of ether oxygens (including phenoxy) is 11. The van der Waals surface area contributed by atoms with Gasteiger partial charge < -0.3 is 57.2 Å². The molecule has 0 aromatic rings. The molecule has 5 aliphatic carbocycles. The molecule has 5 fully saturated rings. The predicted octanol–water partition coefficient (Wildman–Crippen LogP) is 7.53. The SMILES string of the molecule is CC(C)OC(=O)C1(CF)CC(=O)C1.CC(C)OC(=O)C1(CF)CC(F)(F)C1.COC1(OC)CC(CF)(C(=O)OC(C)C)C1.COC1(OC)CC(CO)(C(=O)OC(C)C)C1.COC1(OC)CC(COS(=O)(=O)C(F)(F)F)(C(=O)OC(C)C)C1. The van der Waals surface area contributed by atoms with E-state index in [2.05, 4.69) is 4.18 Å². The standard InChI is InChI=1S/C12H19F3O7S.C11H19FO4.C11H20O5.C9H13F3O2.C9H13FO3/c1-8(2)22-9(16)10(5-11(6-10,19-3)20-4)7-21-23(17,18)12(13,14)15;2*1-8(2)16-9(13)10(7-12)5-11(6-10,14-3)15-4;1-6(2)14-7(13)8(5-10)3-9(11,12)4-8;1-6(2)13-8(12)9(5-10)3-7(11)4-9/h8H,5-7H2,1-4H3;8H,5-7H2,1-4H3;8,12H,5-7H2,1-4H3;6H,3-5H2,1-2H3;6H,3-5H2,1-2H3. The average molecular weight is 1230 g/mol. The third kappa shape index (κ3) is 19.0. The Hall–Kier alpha value is -3.91. The van der Waals surface area contributed by atoms with Gasteiger partial charge in [0, 0.05) is 107 Å². The van der Waals surface area contributed by atoms with Gasteiger partial charge in [0.15, 0.2) is 17.4 Å². The van der Waals surface area contributed by atoms with E-state index in [0.29, 0.717) is 12.8 Å². The largest absolute Gasteiger partial charge is 0.523 e. The highest BCUT2D eigenvalue weighted by Crippen LogP contribution is 2.55. The number of Topliss-reactive ketones (excluding diaryl/α,β-unsaturated/α-hetero) is 1. The number of halogens is 8. The van der Waals surface area contributed by atoms with Gasteiger partial charge >= 0.3 is 45.5 Å². The van der Waals surface area contributed by atoms with E-state index in [1.54, 1.807) is 69.2 Å². The van der Waals surface area contributed by atoms with Crippen molar-refractivity contribution in [1.82, 2.24) is 0 Å². The molecular formula is C52H84F8O21S. The van der Waals surface area contributed by atoms with Gasteiger partial charge in [0.25, 0.3) is 5.92 Å². The van der Waals surface area contributed by atoms with Crippen LogP contribution in [0.25, 0.3) is 0 Å². The normalized spacial score (nSPS) is 21.2. The fourth-order valence-corrected chi connectivity index (χ4v) is 9.67. The summed E-state index contributed by atoms with van der Waals surface area (Å²) < 4.78 is 182. The highest BCUT2D eigenvalue weighted by molar-refractivity contribution is 7.87. The van der Waals surface area contributed by atoms with Crippen LogP contribution in [0, 0.1) is 27.1 Å². The van der Waals surface area contributed by atoms with Gasteiger partial charge in [-0.15, -0.1) is 0 Å². The van der Waals surface area contributed by atoms with E-state index in [1.165, 1.54) is 42.7 Å². The lowest BCUT2D eigenvalue weighted by molar-refractivity contribution is -0.301. The van der Waals surface area contributed by atoms with Crippen LogP contribution in [0.2, 0.25) is 0 Å². The number of ketones is 1. The van der Waals surface area contributed by atoms with Gasteiger partial charge in [-0.3, -0.25) is 33.0 Å². The number of esters is 5. The molecule has 0 unspecified atom stereocenters. The minimum absolute atomic E-state index is 0.00491. The van der Waals surface area contributed by atoms with Crippen molar-refractivity contribution in [3.05, 3.63) is 0 Å². The minimum Gasteiger partial charge on any atom is -0.462 e. The fourth-order valence-electron chi connectivity index (χ4n) is 9.15. The zero-order valence-corrected chi connectivity index (χ0v) is 50.4. The van der Waals surface area contributed by atoms with E-state index in [1.807, 2.05) is 0 Å². The molecule has 0 heterocycles. The molecule has 5 saturated carbocycles. The van der Waals surface area contributed by atoms with Crippen molar-refractivity contribution in [2.75, 3.05) is 75.9 Å². The number of methoxy groups -OCH3 is 6. The van der Waals surface area contributed by atoms with Crippen molar-refractivity contribution in [2.45, 2.75) is 193 Å². The molecule has 0 aromatic carbocycles. The third-order valence-electron chi connectivity index (χ3n) is 13.9. The third-order valence-corrected chi connectivity index (χ3v) is 14.9. The molecule has 0 atom stereocenters. The molecule has 0 aromatic heterocycles. The molecule has 0 aliphatic heterocycles. The zero-order chi connectivity index (χ0) is 63.9. The lowest BCUT2D eigenvalue weighted by Gasteiger charge is -2.51. The number of hydrogen-bond donors (Lipinski definition) is 1. The first-order valence-electron chi connectivity index (χ1n) is 26.0. The van der Waals surface area contributed by atoms with Crippen molar-refractivity contribution in [2.24, 2.45) is 27.1 Å². The number of rotatable bonds is 23. The summed E-state index contributed by atoms with van der Waals surface area (Å²) in [6.45, 7) is 12.9. The topological polar surface area (TPSA) is 268 Å². The highest BCUT2D eigenvalue weighted by Gasteiger charge is 2.65. The van der Waals surface area contributed by atoms with Crippen LogP contribution in [0.15, 0.2) is 0 Å². The molecule has 480 valence electrons. The van der Waals surface area contributed by atoms with Crippen LogP contribution in [0.3, 0.4) is 0 Å². The van der Waals surface area contributed by atoms with Crippen LogP contribution in [0.5, 0.6) is 0 Å². The smallest absolute Gasteiger partial charge is 0.462 e. The van der Waals surface area contributed by atoms with Crippen LogP contribution in [0.4, 0.5) is 35.1 Å². The maximum absolute atomic E-state index is 13.0. The van der Waals surface area contributed by atoms with Crippen LogP contribution in [0.1, 0.15) is 133 Å². The van der Waals surface area contributed by atoms with E-state index in [0.717, 1.165) is 0 Å². The second-order valence-electron chi connectivity index (χ2n) is 22.5. The predicted molar refractivity (Wildman–Crippen MR) is 271 cm³/mol. The molecule has 0 spiro atoms. The fraction of sp³-hybridized carbons (Fsp3) is 0.885. The Kier molecular flexibility index (Phi) is 27.8. The Bertz CT molecular complexity index is 2130. The first-order chi connectivity index (χ1) is 37.5. The lowest BCUT2D eigenvalue weighted by atomic mass is 9.64. The summed E-state index contributed by atoms with van der Waals surface area (Å²) in [5.41, 5.74) is -11.9. The second-order valence-corrected chi connectivity index (χ2v) is 24.1. The van der Waals surface area contributed by atoms with Gasteiger partial charge in [0.05, 0.1) is 43.7 Å². The molecule has 0 saturated heterocycles. The second kappa shape index (κ2) is 29.9. The van der Waals surface area contributed by atoms with Gasteiger partial charge in [-0.2, -0.15) is 21.6 Å². The number of alkyl halides is 8. The average Bonchev–Trinajstić information content (AvgIpc) is 3.31. The van der Waals surface area contributed by atoms with Crippen molar-refractivity contribution in [3.8, 4) is 0 Å². The Morgan fingerprint density at radius 1 is 0.463 bits per heavy atom. The summed E-state index contributed by atoms with van der Waals surface area (Å²) in [5.74, 6) is -8.94. The number of carbonyl (C=O) groups is 6. The summed E-state index contributed by atoms with van der Waals surface area (Å²) in [4.78, 5) is 69.0. The molecule has 82 heavy (non-hydrogen) atoms. The molecule has 5 aliphatic rings. The van der Waals surface area contributed by atoms with Crippen LogP contribution in [-0.4, -0.2) is 184 Å². The van der Waals surface area contributed by atoms with E-state index in [-0.39, 0.29) is 75.2 Å². The van der Waals surface area contributed by atoms with Crippen molar-refractivity contribution in [1.29, 1.82) is 0 Å². The van der Waals surface area contributed by atoms with Crippen molar-refractivity contribution in [3.63, 3.8) is 0 Å². The molecule has 1 N–H and O–H groups in total. The lowest BCUT2D eigenvalue weighted by Crippen LogP contribution is -2.61. The molecular weight excluding hydrogens is 1140 g/mol. The van der Waals surface area contributed by atoms with Crippen LogP contribution >= 0.6 is 0 Å². The molecule has 0 amide bonds. The highest BCUT2D eigenvalue weighted by atomic mass is 32.2. The number of aliphatic hydroxyl groups is 1. The Balaban J connectivity index is 0.000000520. The van der Waals surface area contributed by atoms with E-state index in [9.17, 15) is 77.4 Å². The van der Waals surface area contributed by atoms with Gasteiger partial charge in [0.1, 0.15) is 52.9 Å². The molecule has 5 rings (SSSR count). The summed E-state index contributed by atoms with van der Waals surface area (Å²) in [6, 6.07) is 0. The van der Waals surface area contributed by atoms with E-state index in [4.69, 9.17) is 52.1 Å². The monoisotopic (exact) mass is 1230 g/mol. The van der Waals surface area contributed by atoms with Crippen molar-refractivity contribution < 1.29 is 134 Å². The van der Waals surface area contributed by atoms with Crippen LogP contribution < -0.4 is 0 Å². The van der Waals surface area contributed by atoms with Gasteiger partial charge in [-0.1, -0.05) is 0 Å². The van der Waals surface area contributed by atoms with Gasteiger partial charge in [-0.25, -0.2) is 22.0 Å². The number of aliphatic hydroxyl groups excluding tert-OH is 1. The zero-order valence-electron chi connectivity index (χ0n) is 49.5. The first-order valence-corrected chi connectivity index (χ1v) is 27.4. The maximum Gasteiger partial charge on any atom is 0.523 e. The molecule has 21 nitrogen and oxygen atoms in total. The van der Waals surface area contributed by atoms with E-state index >= 15 is 0 Å². The molecule has 30 heteroatoms. The first kappa shape index (κ1) is 76.1. The number of carbonyl (C=O) groups excluding carboxylic acids is 6. The van der Waals surface area contributed by atoms with Gasteiger partial charge in [-0.05, 0) is 69.2 Å². The van der Waals surface area contributed by atoms with Crippen LogP contribution in [-0.2, 0) is 95.2 Å².